The number of thiophene rings is 1. The van der Waals surface area contributed by atoms with Gasteiger partial charge in [-0.15, -0.1) is 11.3 Å². The smallest absolute Gasteiger partial charge is 0.183 e. The number of anilines is 1. The van der Waals surface area contributed by atoms with Crippen molar-refractivity contribution < 1.29 is 8.42 Å². The van der Waals surface area contributed by atoms with Crippen LogP contribution in [0.25, 0.3) is 0 Å². The van der Waals surface area contributed by atoms with Crippen molar-refractivity contribution in [1.82, 2.24) is 0 Å². The number of halogens is 1. The normalized spacial score (nSPS) is 11.7. The van der Waals surface area contributed by atoms with E-state index in [1.54, 1.807) is 37.3 Å². The van der Waals surface area contributed by atoms with Crippen LogP contribution < -0.4 is 5.73 Å². The summed E-state index contributed by atoms with van der Waals surface area (Å²) in [6, 6.07) is 8.35. The van der Waals surface area contributed by atoms with Gasteiger partial charge in [-0.3, -0.25) is 0 Å². The molecule has 2 rings (SSSR count). The molecule has 0 atom stereocenters. The Hall–Kier alpha value is -1.04. The fourth-order valence-corrected chi connectivity index (χ4v) is 4.74. The Balaban J connectivity index is 2.40. The molecule has 0 aliphatic heterocycles. The summed E-state index contributed by atoms with van der Waals surface area (Å²) in [4.78, 5) is 1.01. The molecule has 0 bridgehead atoms. The fraction of sp³-hybridized carbons (Fsp3) is 0.167. The minimum absolute atomic E-state index is 0.0469. The SMILES string of the molecule is Cc1c(N)cccc1S(=O)(=O)Cc1ccc(Cl)s1. The van der Waals surface area contributed by atoms with Crippen LogP contribution in [-0.4, -0.2) is 8.42 Å². The van der Waals surface area contributed by atoms with Gasteiger partial charge in [-0.25, -0.2) is 8.42 Å². The Bertz CT molecular complexity index is 677. The highest BCUT2D eigenvalue weighted by atomic mass is 35.5. The molecule has 0 saturated carbocycles. The quantitative estimate of drug-likeness (QED) is 0.885. The van der Waals surface area contributed by atoms with Gasteiger partial charge in [0.05, 0.1) is 15.0 Å². The Morgan fingerprint density at radius 1 is 1.28 bits per heavy atom. The third-order valence-electron chi connectivity index (χ3n) is 2.62. The first-order chi connectivity index (χ1) is 8.40. The van der Waals surface area contributed by atoms with Gasteiger partial charge in [-0.1, -0.05) is 17.7 Å². The first kappa shape index (κ1) is 13.4. The lowest BCUT2D eigenvalue weighted by Crippen LogP contribution is -2.07. The fourth-order valence-electron chi connectivity index (χ4n) is 1.66. The van der Waals surface area contributed by atoms with E-state index in [4.69, 9.17) is 17.3 Å². The van der Waals surface area contributed by atoms with Gasteiger partial charge in [-0.2, -0.15) is 0 Å². The van der Waals surface area contributed by atoms with Crippen molar-refractivity contribution in [2.45, 2.75) is 17.6 Å². The highest BCUT2D eigenvalue weighted by molar-refractivity contribution is 7.90. The Kier molecular flexibility index (Phi) is 3.66. The van der Waals surface area contributed by atoms with Gasteiger partial charge < -0.3 is 5.73 Å². The minimum Gasteiger partial charge on any atom is -0.398 e. The summed E-state index contributed by atoms with van der Waals surface area (Å²) >= 11 is 7.07. The van der Waals surface area contributed by atoms with Crippen molar-refractivity contribution in [3.8, 4) is 0 Å². The number of nitrogens with two attached hydrogens (primary N) is 1. The molecule has 18 heavy (non-hydrogen) atoms. The van der Waals surface area contributed by atoms with Crippen molar-refractivity contribution in [1.29, 1.82) is 0 Å². The summed E-state index contributed by atoms with van der Waals surface area (Å²) < 4.78 is 25.2. The maximum Gasteiger partial charge on any atom is 0.183 e. The average Bonchev–Trinajstić information content (AvgIpc) is 2.67. The molecular formula is C12H12ClNO2S2. The monoisotopic (exact) mass is 301 g/mol. The van der Waals surface area contributed by atoms with Crippen LogP contribution in [-0.2, 0) is 15.6 Å². The lowest BCUT2D eigenvalue weighted by atomic mass is 10.2. The summed E-state index contributed by atoms with van der Waals surface area (Å²) in [6.07, 6.45) is 0. The second-order valence-corrected chi connectivity index (χ2v) is 7.69. The van der Waals surface area contributed by atoms with E-state index in [-0.39, 0.29) is 10.6 Å². The van der Waals surface area contributed by atoms with Gasteiger partial charge in [-0.05, 0) is 36.8 Å². The number of hydrogen-bond donors (Lipinski definition) is 1. The maximum absolute atomic E-state index is 12.3. The molecule has 96 valence electrons. The van der Waals surface area contributed by atoms with Crippen LogP contribution in [0.15, 0.2) is 35.2 Å². The van der Waals surface area contributed by atoms with Crippen molar-refractivity contribution in [2.75, 3.05) is 5.73 Å². The van der Waals surface area contributed by atoms with Crippen molar-refractivity contribution in [2.24, 2.45) is 0 Å². The molecule has 3 nitrogen and oxygen atoms in total. The molecule has 2 aromatic rings. The minimum atomic E-state index is -3.38. The van der Waals surface area contributed by atoms with E-state index in [9.17, 15) is 8.42 Å². The molecule has 0 saturated heterocycles. The van der Waals surface area contributed by atoms with Crippen molar-refractivity contribution in [3.63, 3.8) is 0 Å². The molecule has 0 fully saturated rings. The predicted octanol–water partition coefficient (Wildman–Crippen LogP) is 3.27. The molecule has 0 unspecified atom stereocenters. The standard InChI is InChI=1S/C12H12ClNO2S2/c1-8-10(14)3-2-4-11(8)18(15,16)7-9-5-6-12(13)17-9/h2-6H,7,14H2,1H3. The summed E-state index contributed by atoms with van der Waals surface area (Å²) in [7, 11) is -3.38. The average molecular weight is 302 g/mol. The van der Waals surface area contributed by atoms with Crippen LogP contribution in [0, 0.1) is 6.92 Å². The van der Waals surface area contributed by atoms with E-state index in [0.717, 1.165) is 4.88 Å². The summed E-state index contributed by atoms with van der Waals surface area (Å²) in [6.45, 7) is 1.71. The van der Waals surface area contributed by atoms with Crippen LogP contribution in [0.3, 0.4) is 0 Å². The van der Waals surface area contributed by atoms with Gasteiger partial charge in [0, 0.05) is 10.6 Å². The molecule has 0 amide bonds. The Morgan fingerprint density at radius 2 is 2.00 bits per heavy atom. The molecule has 0 aliphatic rings. The maximum atomic E-state index is 12.3. The second kappa shape index (κ2) is 4.91. The van der Waals surface area contributed by atoms with E-state index >= 15 is 0 Å². The van der Waals surface area contributed by atoms with Gasteiger partial charge in [0.2, 0.25) is 0 Å². The van der Waals surface area contributed by atoms with Gasteiger partial charge in [0.1, 0.15) is 0 Å². The van der Waals surface area contributed by atoms with Gasteiger partial charge >= 0.3 is 0 Å². The van der Waals surface area contributed by atoms with Crippen LogP contribution in [0.4, 0.5) is 5.69 Å². The number of rotatable bonds is 3. The summed E-state index contributed by atoms with van der Waals surface area (Å²) in [5, 5.41) is 0. The molecule has 1 heterocycles. The van der Waals surface area contributed by atoms with Gasteiger partial charge in [0.25, 0.3) is 0 Å². The van der Waals surface area contributed by atoms with E-state index in [1.165, 1.54) is 11.3 Å². The predicted molar refractivity (Wildman–Crippen MR) is 75.8 cm³/mol. The zero-order valence-electron chi connectivity index (χ0n) is 9.68. The molecule has 1 aromatic carbocycles. The number of hydrogen-bond acceptors (Lipinski definition) is 4. The topological polar surface area (TPSA) is 60.2 Å². The molecular weight excluding hydrogens is 290 g/mol. The number of nitrogen functional groups attached to an aromatic ring is 1. The lowest BCUT2D eigenvalue weighted by molar-refractivity contribution is 0.595. The molecule has 0 radical (unpaired) electrons. The molecule has 0 spiro atoms. The third kappa shape index (κ3) is 2.68. The first-order valence-corrected chi connectivity index (χ1v) is 8.07. The van der Waals surface area contributed by atoms with E-state index in [1.807, 2.05) is 0 Å². The third-order valence-corrected chi connectivity index (χ3v) is 5.84. The van der Waals surface area contributed by atoms with Crippen molar-refractivity contribution >= 4 is 38.5 Å². The molecule has 0 aliphatic carbocycles. The summed E-state index contributed by atoms with van der Waals surface area (Å²) in [5.74, 6) is -0.0469. The highest BCUT2D eigenvalue weighted by Crippen LogP contribution is 2.28. The molecule has 2 N–H and O–H groups in total. The second-order valence-electron chi connectivity index (χ2n) is 3.94. The molecule has 6 heteroatoms. The van der Waals surface area contributed by atoms with Crippen LogP contribution in [0.2, 0.25) is 4.34 Å². The van der Waals surface area contributed by atoms with Crippen LogP contribution in [0.1, 0.15) is 10.4 Å². The van der Waals surface area contributed by atoms with E-state index in [0.29, 0.717) is 15.6 Å². The first-order valence-electron chi connectivity index (χ1n) is 5.22. The van der Waals surface area contributed by atoms with Crippen molar-refractivity contribution in [3.05, 3.63) is 45.1 Å². The highest BCUT2D eigenvalue weighted by Gasteiger charge is 2.19. The zero-order chi connectivity index (χ0) is 13.3. The number of sulfone groups is 1. The van der Waals surface area contributed by atoms with E-state index in [2.05, 4.69) is 0 Å². The summed E-state index contributed by atoms with van der Waals surface area (Å²) in [5.41, 5.74) is 6.82. The van der Waals surface area contributed by atoms with Gasteiger partial charge in [0.15, 0.2) is 9.84 Å². The Labute approximate surface area is 115 Å². The molecule has 1 aromatic heterocycles. The van der Waals surface area contributed by atoms with Crippen LogP contribution in [0.5, 0.6) is 0 Å². The van der Waals surface area contributed by atoms with E-state index < -0.39 is 9.84 Å². The largest absolute Gasteiger partial charge is 0.398 e. The Morgan fingerprint density at radius 3 is 2.61 bits per heavy atom. The van der Waals surface area contributed by atoms with Crippen LogP contribution >= 0.6 is 22.9 Å². The number of benzene rings is 1. The lowest BCUT2D eigenvalue weighted by Gasteiger charge is -2.08. The zero-order valence-corrected chi connectivity index (χ0v) is 12.1.